The van der Waals surface area contributed by atoms with Crippen LogP contribution in [0.2, 0.25) is 0 Å². The Hall–Kier alpha value is -2.58. The van der Waals surface area contributed by atoms with Crippen LogP contribution in [0.15, 0.2) is 41.3 Å². The molecule has 1 aliphatic heterocycles. The lowest BCUT2D eigenvalue weighted by Crippen LogP contribution is -2.27. The molecule has 27 heavy (non-hydrogen) atoms. The Morgan fingerprint density at radius 3 is 2.52 bits per heavy atom. The van der Waals surface area contributed by atoms with Crippen LogP contribution < -0.4 is 14.2 Å². The number of esters is 1. The molecule has 0 aromatic heterocycles. The van der Waals surface area contributed by atoms with Gasteiger partial charge in [-0.25, -0.2) is 17.9 Å². The van der Waals surface area contributed by atoms with Gasteiger partial charge in [0.05, 0.1) is 17.6 Å². The van der Waals surface area contributed by atoms with E-state index >= 15 is 0 Å². The van der Waals surface area contributed by atoms with Crippen LogP contribution in [0.1, 0.15) is 34.5 Å². The Balaban J connectivity index is 1.85. The van der Waals surface area contributed by atoms with Gasteiger partial charge in [0.15, 0.2) is 11.5 Å². The molecule has 0 fully saturated rings. The van der Waals surface area contributed by atoms with Crippen LogP contribution in [-0.2, 0) is 14.8 Å². The number of ether oxygens (including phenoxy) is 3. The SMILES string of the molecule is COC(=O)c1cc(S(=O)(=O)N[C@H](C)c2ccc3c(c2)OCCO3)ccc1C. The summed E-state index contributed by atoms with van der Waals surface area (Å²) in [6.07, 6.45) is 0. The molecule has 0 saturated carbocycles. The average Bonchev–Trinajstić information content (AvgIpc) is 2.66. The van der Waals surface area contributed by atoms with E-state index in [9.17, 15) is 13.2 Å². The maximum atomic E-state index is 12.8. The van der Waals surface area contributed by atoms with Crippen molar-refractivity contribution in [2.24, 2.45) is 0 Å². The first-order valence-corrected chi connectivity index (χ1v) is 9.91. The van der Waals surface area contributed by atoms with Crippen LogP contribution >= 0.6 is 0 Å². The molecule has 0 radical (unpaired) electrons. The molecule has 2 aromatic carbocycles. The number of carbonyl (C=O) groups excluding carboxylic acids is 1. The van der Waals surface area contributed by atoms with Crippen molar-refractivity contribution in [3.63, 3.8) is 0 Å². The minimum absolute atomic E-state index is 0.00195. The van der Waals surface area contributed by atoms with Crippen LogP contribution in [0.25, 0.3) is 0 Å². The van der Waals surface area contributed by atoms with Crippen molar-refractivity contribution in [1.82, 2.24) is 4.72 Å². The van der Waals surface area contributed by atoms with Gasteiger partial charge in [0.25, 0.3) is 0 Å². The molecule has 0 bridgehead atoms. The zero-order chi connectivity index (χ0) is 19.6. The van der Waals surface area contributed by atoms with Crippen molar-refractivity contribution in [3.8, 4) is 11.5 Å². The molecule has 7 nitrogen and oxygen atoms in total. The fourth-order valence-electron chi connectivity index (χ4n) is 2.80. The number of hydrogen-bond donors (Lipinski definition) is 1. The van der Waals surface area contributed by atoms with Crippen molar-refractivity contribution >= 4 is 16.0 Å². The molecule has 0 aliphatic carbocycles. The first kappa shape index (κ1) is 19.2. The number of aryl methyl sites for hydroxylation is 1. The molecule has 1 heterocycles. The summed E-state index contributed by atoms with van der Waals surface area (Å²) in [5, 5.41) is 0. The maximum absolute atomic E-state index is 12.8. The maximum Gasteiger partial charge on any atom is 0.338 e. The highest BCUT2D eigenvalue weighted by Gasteiger charge is 2.22. The zero-order valence-electron chi connectivity index (χ0n) is 15.3. The van der Waals surface area contributed by atoms with Gasteiger partial charge in [0, 0.05) is 6.04 Å². The topological polar surface area (TPSA) is 90.9 Å². The third kappa shape index (κ3) is 4.06. The van der Waals surface area contributed by atoms with Crippen LogP contribution in [-0.4, -0.2) is 34.7 Å². The van der Waals surface area contributed by atoms with Crippen LogP contribution in [0.4, 0.5) is 0 Å². The highest BCUT2D eigenvalue weighted by Crippen LogP contribution is 2.33. The Bertz CT molecular complexity index is 970. The van der Waals surface area contributed by atoms with E-state index in [1.165, 1.54) is 19.2 Å². The van der Waals surface area contributed by atoms with Crippen molar-refractivity contribution in [2.75, 3.05) is 20.3 Å². The van der Waals surface area contributed by atoms with Crippen molar-refractivity contribution < 1.29 is 27.4 Å². The van der Waals surface area contributed by atoms with Crippen molar-refractivity contribution in [1.29, 1.82) is 0 Å². The average molecular weight is 391 g/mol. The van der Waals surface area contributed by atoms with Gasteiger partial charge in [-0.1, -0.05) is 12.1 Å². The second kappa shape index (κ2) is 7.58. The fraction of sp³-hybridized carbons (Fsp3) is 0.316. The number of sulfonamides is 1. The predicted molar refractivity (Wildman–Crippen MR) is 98.7 cm³/mol. The molecule has 144 valence electrons. The van der Waals surface area contributed by atoms with Gasteiger partial charge in [-0.3, -0.25) is 0 Å². The Labute approximate surface area is 158 Å². The van der Waals surface area contributed by atoms with E-state index in [-0.39, 0.29) is 10.5 Å². The van der Waals surface area contributed by atoms with Gasteiger partial charge >= 0.3 is 5.97 Å². The summed E-state index contributed by atoms with van der Waals surface area (Å²) in [4.78, 5) is 11.8. The smallest absolute Gasteiger partial charge is 0.338 e. The molecule has 1 aliphatic rings. The molecular formula is C19H21NO6S. The van der Waals surface area contributed by atoms with Gasteiger partial charge in [-0.15, -0.1) is 0 Å². The number of benzene rings is 2. The number of nitrogens with one attached hydrogen (secondary N) is 1. The van der Waals surface area contributed by atoms with Gasteiger partial charge < -0.3 is 14.2 Å². The van der Waals surface area contributed by atoms with Crippen molar-refractivity contribution in [2.45, 2.75) is 24.8 Å². The molecule has 1 N–H and O–H groups in total. The highest BCUT2D eigenvalue weighted by molar-refractivity contribution is 7.89. The molecule has 0 amide bonds. The predicted octanol–water partition coefficient (Wildman–Crippen LogP) is 2.59. The molecule has 0 unspecified atom stereocenters. The number of rotatable bonds is 5. The molecule has 0 saturated heterocycles. The van der Waals surface area contributed by atoms with Crippen molar-refractivity contribution in [3.05, 3.63) is 53.1 Å². The molecule has 3 rings (SSSR count). The van der Waals surface area contributed by atoms with E-state index in [2.05, 4.69) is 4.72 Å². The molecule has 0 spiro atoms. The van der Waals surface area contributed by atoms with E-state index in [4.69, 9.17) is 14.2 Å². The van der Waals surface area contributed by atoms with Crippen LogP contribution in [0.3, 0.4) is 0 Å². The van der Waals surface area contributed by atoms with Gasteiger partial charge in [0.1, 0.15) is 13.2 Å². The standard InChI is InChI=1S/C19H21NO6S/c1-12-4-6-15(11-16(12)19(21)24-3)27(22,23)20-13(2)14-5-7-17-18(10-14)26-9-8-25-17/h4-7,10-11,13,20H,8-9H2,1-3H3/t13-/m1/s1. The highest BCUT2D eigenvalue weighted by atomic mass is 32.2. The minimum Gasteiger partial charge on any atom is -0.486 e. The number of hydrogen-bond acceptors (Lipinski definition) is 6. The first-order chi connectivity index (χ1) is 12.8. The van der Waals surface area contributed by atoms with Gasteiger partial charge in [-0.05, 0) is 49.2 Å². The lowest BCUT2D eigenvalue weighted by molar-refractivity contribution is 0.0599. The number of carbonyl (C=O) groups is 1. The second-order valence-electron chi connectivity index (χ2n) is 6.21. The molecule has 1 atom stereocenters. The monoisotopic (exact) mass is 391 g/mol. The minimum atomic E-state index is -3.84. The largest absolute Gasteiger partial charge is 0.486 e. The quantitative estimate of drug-likeness (QED) is 0.788. The van der Waals surface area contributed by atoms with E-state index in [1.54, 1.807) is 38.1 Å². The normalized spacial score (nSPS) is 14.5. The molecular weight excluding hydrogens is 370 g/mol. The lowest BCUT2D eigenvalue weighted by atomic mass is 10.1. The van der Waals surface area contributed by atoms with E-state index < -0.39 is 22.0 Å². The third-order valence-corrected chi connectivity index (χ3v) is 5.86. The summed E-state index contributed by atoms with van der Waals surface area (Å²) in [6, 6.07) is 9.16. The second-order valence-corrected chi connectivity index (χ2v) is 7.93. The Morgan fingerprint density at radius 1 is 1.11 bits per heavy atom. The van der Waals surface area contributed by atoms with Crippen LogP contribution in [0.5, 0.6) is 11.5 Å². The number of methoxy groups -OCH3 is 1. The lowest BCUT2D eigenvalue weighted by Gasteiger charge is -2.21. The first-order valence-electron chi connectivity index (χ1n) is 8.42. The summed E-state index contributed by atoms with van der Waals surface area (Å²) in [5.41, 5.74) is 1.59. The Morgan fingerprint density at radius 2 is 1.81 bits per heavy atom. The summed E-state index contributed by atoms with van der Waals surface area (Å²) in [6.45, 7) is 4.40. The zero-order valence-corrected chi connectivity index (χ0v) is 16.1. The van der Waals surface area contributed by atoms with E-state index in [0.29, 0.717) is 30.3 Å². The summed E-state index contributed by atoms with van der Waals surface area (Å²) >= 11 is 0. The molecule has 2 aromatic rings. The van der Waals surface area contributed by atoms with Gasteiger partial charge in [-0.2, -0.15) is 0 Å². The van der Waals surface area contributed by atoms with Crippen LogP contribution in [0, 0.1) is 6.92 Å². The van der Waals surface area contributed by atoms with Gasteiger partial charge in [0.2, 0.25) is 10.0 Å². The van der Waals surface area contributed by atoms with E-state index in [1.807, 2.05) is 0 Å². The van der Waals surface area contributed by atoms with E-state index in [0.717, 1.165) is 5.56 Å². The summed E-state index contributed by atoms with van der Waals surface area (Å²) in [7, 11) is -2.58. The Kier molecular flexibility index (Phi) is 5.38. The molecule has 8 heteroatoms. The third-order valence-electron chi connectivity index (χ3n) is 4.32. The number of fused-ring (bicyclic) bond motifs is 1. The summed E-state index contributed by atoms with van der Waals surface area (Å²) in [5.74, 6) is 0.652. The summed E-state index contributed by atoms with van der Waals surface area (Å²) < 4.78 is 43.9. The fourth-order valence-corrected chi connectivity index (χ4v) is 4.05.